The van der Waals surface area contributed by atoms with Gasteiger partial charge in [-0.25, -0.2) is 4.39 Å². The number of benzene rings is 1. The van der Waals surface area contributed by atoms with Crippen molar-refractivity contribution in [2.45, 2.75) is 77.8 Å². The fourth-order valence-electron chi connectivity index (χ4n) is 5.20. The third kappa shape index (κ3) is 6.50. The Morgan fingerprint density at radius 3 is 2.07 bits per heavy atom. The van der Waals surface area contributed by atoms with E-state index < -0.39 is 0 Å². The lowest BCUT2D eigenvalue weighted by atomic mass is 9.75. The molecule has 1 atom stereocenters. The molecular formula is C25H41FN2O. The molecule has 0 saturated carbocycles. The zero-order valence-corrected chi connectivity index (χ0v) is 19.2. The Morgan fingerprint density at radius 2 is 1.52 bits per heavy atom. The highest BCUT2D eigenvalue weighted by atomic mass is 19.1. The van der Waals surface area contributed by atoms with E-state index in [1.165, 1.54) is 37.9 Å². The minimum atomic E-state index is -0.152. The highest BCUT2D eigenvalue weighted by Crippen LogP contribution is 2.36. The number of hydrogen-bond donors (Lipinski definition) is 0. The van der Waals surface area contributed by atoms with E-state index in [4.69, 9.17) is 4.74 Å². The van der Waals surface area contributed by atoms with Crippen molar-refractivity contribution in [3.05, 3.63) is 35.6 Å². The van der Waals surface area contributed by atoms with Gasteiger partial charge >= 0.3 is 0 Å². The maximum Gasteiger partial charge on any atom is 0.123 e. The van der Waals surface area contributed by atoms with Crippen molar-refractivity contribution in [1.29, 1.82) is 0 Å². The molecule has 0 aliphatic carbocycles. The van der Waals surface area contributed by atoms with Crippen LogP contribution in [-0.2, 0) is 10.2 Å². The number of likely N-dealkylation sites (tertiary alicyclic amines) is 1. The van der Waals surface area contributed by atoms with Gasteiger partial charge in [-0.15, -0.1) is 0 Å². The smallest absolute Gasteiger partial charge is 0.123 e. The summed E-state index contributed by atoms with van der Waals surface area (Å²) >= 11 is 0. The number of ether oxygens (including phenoxy) is 1. The molecular weight excluding hydrogens is 363 g/mol. The highest BCUT2D eigenvalue weighted by Gasteiger charge is 2.34. The first kappa shape index (κ1) is 22.7. The molecule has 3 rings (SSSR count). The summed E-state index contributed by atoms with van der Waals surface area (Å²) in [6.45, 7) is 18.0. The lowest BCUT2D eigenvalue weighted by molar-refractivity contribution is -0.00721. The van der Waals surface area contributed by atoms with Crippen LogP contribution in [0, 0.1) is 11.2 Å². The number of nitrogens with zero attached hydrogens (tertiary/aromatic N) is 2. The largest absolute Gasteiger partial charge is 0.379 e. The Morgan fingerprint density at radius 1 is 0.931 bits per heavy atom. The molecule has 2 fully saturated rings. The van der Waals surface area contributed by atoms with E-state index in [9.17, 15) is 4.39 Å². The second-order valence-corrected chi connectivity index (χ2v) is 10.9. The fourth-order valence-corrected chi connectivity index (χ4v) is 5.20. The number of morpholine rings is 1. The Bertz CT molecular complexity index is 623. The van der Waals surface area contributed by atoms with Crippen LogP contribution in [0.25, 0.3) is 0 Å². The summed E-state index contributed by atoms with van der Waals surface area (Å²) in [5, 5.41) is 0. The fraction of sp³-hybridized carbons (Fsp3) is 0.760. The maximum atomic E-state index is 13.4. The number of rotatable bonds is 6. The van der Waals surface area contributed by atoms with Crippen molar-refractivity contribution in [1.82, 2.24) is 9.80 Å². The second-order valence-electron chi connectivity index (χ2n) is 10.9. The predicted octanol–water partition coefficient (Wildman–Crippen LogP) is 5.09. The van der Waals surface area contributed by atoms with Gasteiger partial charge in [0.2, 0.25) is 0 Å². The first-order chi connectivity index (χ1) is 13.6. The van der Waals surface area contributed by atoms with Crippen LogP contribution in [0.4, 0.5) is 4.39 Å². The molecule has 0 N–H and O–H groups in total. The highest BCUT2D eigenvalue weighted by molar-refractivity contribution is 5.24. The van der Waals surface area contributed by atoms with Crippen molar-refractivity contribution in [2.24, 2.45) is 5.41 Å². The minimum absolute atomic E-state index is 0.0324. The second kappa shape index (κ2) is 9.45. The van der Waals surface area contributed by atoms with Gasteiger partial charge in [0, 0.05) is 25.2 Å². The van der Waals surface area contributed by atoms with Gasteiger partial charge < -0.3 is 9.64 Å². The van der Waals surface area contributed by atoms with E-state index in [1.54, 1.807) is 12.1 Å². The van der Waals surface area contributed by atoms with E-state index in [2.05, 4.69) is 44.4 Å². The van der Waals surface area contributed by atoms with Gasteiger partial charge in [0.1, 0.15) is 5.82 Å². The van der Waals surface area contributed by atoms with Gasteiger partial charge in [0.25, 0.3) is 0 Å². The molecule has 1 unspecified atom stereocenters. The molecule has 0 amide bonds. The molecule has 2 aliphatic heterocycles. The molecule has 3 nitrogen and oxygen atoms in total. The Hall–Kier alpha value is -0.970. The number of piperidine rings is 1. The minimum Gasteiger partial charge on any atom is -0.379 e. The van der Waals surface area contributed by atoms with Gasteiger partial charge in [0.05, 0.1) is 13.2 Å². The molecule has 0 bridgehead atoms. The third-order valence-electron chi connectivity index (χ3n) is 6.80. The van der Waals surface area contributed by atoms with E-state index in [0.717, 1.165) is 38.8 Å². The molecule has 0 spiro atoms. The lowest BCUT2D eigenvalue weighted by Gasteiger charge is -2.45. The Labute approximate surface area is 177 Å². The van der Waals surface area contributed by atoms with E-state index >= 15 is 0 Å². The lowest BCUT2D eigenvalue weighted by Crippen LogP contribution is -2.52. The molecule has 1 aromatic rings. The van der Waals surface area contributed by atoms with Gasteiger partial charge in [-0.3, -0.25) is 4.90 Å². The predicted molar refractivity (Wildman–Crippen MR) is 119 cm³/mol. The standard InChI is InChI=1S/C25H41FN2O/c1-24(2,3)18-23(19-25(4,5)20-6-8-21(26)9-7-20)27-12-10-22(11-13-27)28-14-16-29-17-15-28/h6-9,22-23H,10-19H2,1-5H3. The summed E-state index contributed by atoms with van der Waals surface area (Å²) in [5.41, 5.74) is 1.57. The quantitative estimate of drug-likeness (QED) is 0.656. The van der Waals surface area contributed by atoms with Crippen molar-refractivity contribution in [3.63, 3.8) is 0 Å². The monoisotopic (exact) mass is 404 g/mol. The van der Waals surface area contributed by atoms with Crippen LogP contribution in [-0.4, -0.2) is 61.3 Å². The Balaban J connectivity index is 1.66. The molecule has 29 heavy (non-hydrogen) atoms. The molecule has 4 heteroatoms. The van der Waals surface area contributed by atoms with E-state index in [0.29, 0.717) is 11.5 Å². The van der Waals surface area contributed by atoms with Crippen LogP contribution in [0.15, 0.2) is 24.3 Å². The van der Waals surface area contributed by atoms with Crippen molar-refractivity contribution >= 4 is 0 Å². The topological polar surface area (TPSA) is 15.7 Å². The van der Waals surface area contributed by atoms with Gasteiger partial charge in [-0.2, -0.15) is 0 Å². The summed E-state index contributed by atoms with van der Waals surface area (Å²) in [7, 11) is 0. The molecule has 2 saturated heterocycles. The first-order valence-corrected chi connectivity index (χ1v) is 11.5. The van der Waals surface area contributed by atoms with Crippen molar-refractivity contribution in [2.75, 3.05) is 39.4 Å². The van der Waals surface area contributed by atoms with Crippen molar-refractivity contribution in [3.8, 4) is 0 Å². The third-order valence-corrected chi connectivity index (χ3v) is 6.80. The SMILES string of the molecule is CC(C)(C)CC(CC(C)(C)c1ccc(F)cc1)N1CCC(N2CCOCC2)CC1. The summed E-state index contributed by atoms with van der Waals surface area (Å²) < 4.78 is 19.0. The van der Waals surface area contributed by atoms with Crippen LogP contribution in [0.3, 0.4) is 0 Å². The van der Waals surface area contributed by atoms with Gasteiger partial charge in [0.15, 0.2) is 0 Å². The summed E-state index contributed by atoms with van der Waals surface area (Å²) in [5.74, 6) is -0.152. The summed E-state index contributed by atoms with van der Waals surface area (Å²) in [6, 6.07) is 8.41. The number of halogens is 1. The molecule has 2 aliphatic rings. The first-order valence-electron chi connectivity index (χ1n) is 11.5. The number of hydrogen-bond acceptors (Lipinski definition) is 3. The van der Waals surface area contributed by atoms with E-state index in [-0.39, 0.29) is 11.2 Å². The maximum absolute atomic E-state index is 13.4. The van der Waals surface area contributed by atoms with Crippen LogP contribution in [0.5, 0.6) is 0 Å². The molecule has 164 valence electrons. The molecule has 1 aromatic carbocycles. The average Bonchev–Trinajstić information content (AvgIpc) is 2.67. The molecule has 0 radical (unpaired) electrons. The summed E-state index contributed by atoms with van der Waals surface area (Å²) in [4.78, 5) is 5.38. The van der Waals surface area contributed by atoms with Crippen molar-refractivity contribution < 1.29 is 9.13 Å². The molecule has 0 aromatic heterocycles. The average molecular weight is 405 g/mol. The zero-order chi connectivity index (χ0) is 21.1. The van der Waals surface area contributed by atoms with Crippen LogP contribution < -0.4 is 0 Å². The van der Waals surface area contributed by atoms with E-state index in [1.807, 2.05) is 12.1 Å². The molecule has 2 heterocycles. The Kier molecular flexibility index (Phi) is 7.40. The van der Waals surface area contributed by atoms with Crippen LogP contribution in [0.2, 0.25) is 0 Å². The zero-order valence-electron chi connectivity index (χ0n) is 19.2. The van der Waals surface area contributed by atoms with Gasteiger partial charge in [-0.1, -0.05) is 46.8 Å². The normalized spacial score (nSPS) is 22.0. The van der Waals surface area contributed by atoms with Crippen LogP contribution in [0.1, 0.15) is 65.9 Å². The van der Waals surface area contributed by atoms with Crippen LogP contribution >= 0.6 is 0 Å². The summed E-state index contributed by atoms with van der Waals surface area (Å²) in [6.07, 6.45) is 4.83. The van der Waals surface area contributed by atoms with Gasteiger partial charge in [-0.05, 0) is 67.3 Å².